The molecule has 4 aromatic rings. The number of carbonyl (C=O) groups is 1. The number of rotatable bonds is 4. The van der Waals surface area contributed by atoms with Gasteiger partial charge in [-0.25, -0.2) is 4.98 Å². The van der Waals surface area contributed by atoms with Gasteiger partial charge in [0.25, 0.3) is 5.91 Å². The Balaban J connectivity index is 1.16. The average molecular weight is 506 g/mol. The van der Waals surface area contributed by atoms with Crippen molar-refractivity contribution in [2.75, 3.05) is 26.2 Å². The number of aromatic amines is 1. The zero-order valence-corrected chi connectivity index (χ0v) is 22.2. The van der Waals surface area contributed by atoms with Crippen molar-refractivity contribution in [3.8, 4) is 22.4 Å². The molecule has 0 spiro atoms. The minimum Gasteiger partial charge on any atom is -0.339 e. The van der Waals surface area contributed by atoms with Gasteiger partial charge in [0.15, 0.2) is 5.65 Å². The minimum atomic E-state index is 0.116. The minimum absolute atomic E-state index is 0.116. The number of carbonyl (C=O) groups excluding carboxylic acids is 1. The Hall–Kier alpha value is -3.51. The van der Waals surface area contributed by atoms with E-state index >= 15 is 0 Å². The van der Waals surface area contributed by atoms with Crippen LogP contribution >= 0.6 is 0 Å². The predicted octanol–water partition coefficient (Wildman–Crippen LogP) is 5.87. The van der Waals surface area contributed by atoms with Crippen LogP contribution in [0, 0.1) is 0 Å². The second kappa shape index (κ2) is 9.35. The Labute approximate surface area is 224 Å². The molecule has 2 aromatic carbocycles. The zero-order chi connectivity index (χ0) is 25.7. The van der Waals surface area contributed by atoms with Crippen LogP contribution in [0.3, 0.4) is 0 Å². The lowest BCUT2D eigenvalue weighted by molar-refractivity contribution is 0.0652. The van der Waals surface area contributed by atoms with Crippen LogP contribution in [0.25, 0.3) is 33.4 Å². The van der Waals surface area contributed by atoms with E-state index in [2.05, 4.69) is 51.3 Å². The van der Waals surface area contributed by atoms with Crippen LogP contribution in [0.2, 0.25) is 0 Å². The molecule has 38 heavy (non-hydrogen) atoms. The fraction of sp³-hybridized carbons (Fsp3) is 0.406. The average Bonchev–Trinajstić information content (AvgIpc) is 3.58. The van der Waals surface area contributed by atoms with Crippen LogP contribution in [0.15, 0.2) is 54.7 Å². The lowest BCUT2D eigenvalue weighted by atomic mass is 9.90. The van der Waals surface area contributed by atoms with Gasteiger partial charge in [-0.1, -0.05) is 30.3 Å². The van der Waals surface area contributed by atoms with E-state index in [1.807, 2.05) is 35.4 Å². The number of likely N-dealkylation sites (tertiary alicyclic amines) is 2. The Kier molecular flexibility index (Phi) is 5.81. The number of nitrogens with zero attached hydrogens (tertiary/aromatic N) is 4. The number of aromatic nitrogens is 3. The highest BCUT2D eigenvalue weighted by molar-refractivity contribution is 5.97. The van der Waals surface area contributed by atoms with Gasteiger partial charge in [-0.3, -0.25) is 14.8 Å². The summed E-state index contributed by atoms with van der Waals surface area (Å²) in [7, 11) is 0. The van der Waals surface area contributed by atoms with Gasteiger partial charge in [-0.15, -0.1) is 0 Å². The highest BCUT2D eigenvalue weighted by atomic mass is 16.2. The summed E-state index contributed by atoms with van der Waals surface area (Å²) in [6.45, 7) is 6.72. The molecular formula is C32H35N5O. The van der Waals surface area contributed by atoms with Gasteiger partial charge in [-0.05, 0) is 99.8 Å². The van der Waals surface area contributed by atoms with E-state index in [1.54, 1.807) is 0 Å². The maximum absolute atomic E-state index is 12.6. The van der Waals surface area contributed by atoms with E-state index in [-0.39, 0.29) is 5.91 Å². The number of aryl methyl sites for hydroxylation is 2. The molecule has 0 saturated carbocycles. The SMILES string of the molecule is CC1(N2CCCC2)CCc2ccc(-c3cnc4n[nH]c(-c5ccc(C(=O)N6CCC6)cc5)c4c3)cc2CC1. The van der Waals surface area contributed by atoms with Gasteiger partial charge >= 0.3 is 0 Å². The second-order valence-electron chi connectivity index (χ2n) is 11.6. The molecule has 6 nitrogen and oxygen atoms in total. The normalized spacial score (nSPS) is 21.8. The van der Waals surface area contributed by atoms with Crippen LogP contribution < -0.4 is 0 Å². The third kappa shape index (κ3) is 4.11. The van der Waals surface area contributed by atoms with Crippen molar-refractivity contribution in [1.82, 2.24) is 25.0 Å². The number of fused-ring (bicyclic) bond motifs is 2. The van der Waals surface area contributed by atoms with Crippen molar-refractivity contribution < 1.29 is 4.79 Å². The number of hydrogen-bond acceptors (Lipinski definition) is 4. The molecule has 0 radical (unpaired) electrons. The maximum atomic E-state index is 12.6. The molecule has 1 atom stereocenters. The first-order chi connectivity index (χ1) is 18.6. The molecule has 0 bridgehead atoms. The number of hydrogen-bond donors (Lipinski definition) is 1. The van der Waals surface area contributed by atoms with Crippen molar-refractivity contribution in [2.24, 2.45) is 0 Å². The third-order valence-electron chi connectivity index (χ3n) is 9.25. The van der Waals surface area contributed by atoms with Gasteiger partial charge in [-0.2, -0.15) is 5.10 Å². The molecule has 7 rings (SSSR count). The highest BCUT2D eigenvalue weighted by Crippen LogP contribution is 2.36. The molecule has 6 heteroatoms. The topological polar surface area (TPSA) is 65.1 Å². The Morgan fingerprint density at radius 1 is 0.842 bits per heavy atom. The number of nitrogens with one attached hydrogen (secondary N) is 1. The summed E-state index contributed by atoms with van der Waals surface area (Å²) in [4.78, 5) is 21.9. The third-order valence-corrected chi connectivity index (χ3v) is 9.25. The van der Waals surface area contributed by atoms with Crippen LogP contribution in [0.5, 0.6) is 0 Å². The molecular weight excluding hydrogens is 470 g/mol. The summed E-state index contributed by atoms with van der Waals surface area (Å²) < 4.78 is 0. The van der Waals surface area contributed by atoms with Crippen molar-refractivity contribution in [3.63, 3.8) is 0 Å². The summed E-state index contributed by atoms with van der Waals surface area (Å²) in [6.07, 6.45) is 10.5. The highest BCUT2D eigenvalue weighted by Gasteiger charge is 2.34. The Bertz CT molecular complexity index is 1500. The summed E-state index contributed by atoms with van der Waals surface area (Å²) in [5.74, 6) is 0.116. The first kappa shape index (κ1) is 23.6. The molecule has 2 fully saturated rings. The van der Waals surface area contributed by atoms with E-state index < -0.39 is 0 Å². The molecule has 2 aliphatic heterocycles. The Morgan fingerprint density at radius 3 is 2.32 bits per heavy atom. The van der Waals surface area contributed by atoms with Crippen LogP contribution in [-0.2, 0) is 12.8 Å². The number of pyridine rings is 1. The smallest absolute Gasteiger partial charge is 0.253 e. The largest absolute Gasteiger partial charge is 0.339 e. The predicted molar refractivity (Wildman–Crippen MR) is 151 cm³/mol. The fourth-order valence-corrected chi connectivity index (χ4v) is 6.55. The molecule has 2 saturated heterocycles. The quantitative estimate of drug-likeness (QED) is 0.352. The van der Waals surface area contributed by atoms with Gasteiger partial charge in [0, 0.05) is 46.9 Å². The lowest BCUT2D eigenvalue weighted by Crippen LogP contribution is -2.44. The molecule has 1 amide bonds. The first-order valence-electron chi connectivity index (χ1n) is 14.2. The first-order valence-corrected chi connectivity index (χ1v) is 14.2. The molecule has 2 aromatic heterocycles. The molecule has 1 N–H and O–H groups in total. The van der Waals surface area contributed by atoms with E-state index in [4.69, 9.17) is 0 Å². The second-order valence-corrected chi connectivity index (χ2v) is 11.6. The van der Waals surface area contributed by atoms with Gasteiger partial charge in [0.2, 0.25) is 0 Å². The monoisotopic (exact) mass is 505 g/mol. The lowest BCUT2D eigenvalue weighted by Gasteiger charge is -2.38. The Morgan fingerprint density at radius 2 is 1.58 bits per heavy atom. The number of benzene rings is 2. The molecule has 1 unspecified atom stereocenters. The van der Waals surface area contributed by atoms with Gasteiger partial charge < -0.3 is 4.90 Å². The number of H-pyrrole nitrogens is 1. The van der Waals surface area contributed by atoms with Crippen molar-refractivity contribution in [1.29, 1.82) is 0 Å². The fourth-order valence-electron chi connectivity index (χ4n) is 6.55. The van der Waals surface area contributed by atoms with Crippen molar-refractivity contribution in [3.05, 3.63) is 71.4 Å². The van der Waals surface area contributed by atoms with E-state index in [1.165, 1.54) is 55.5 Å². The molecule has 194 valence electrons. The molecule has 4 heterocycles. The van der Waals surface area contributed by atoms with E-state index in [0.717, 1.165) is 60.1 Å². The van der Waals surface area contributed by atoms with E-state index in [0.29, 0.717) is 11.2 Å². The van der Waals surface area contributed by atoms with Crippen LogP contribution in [-0.4, -0.2) is 62.6 Å². The van der Waals surface area contributed by atoms with Crippen LogP contribution in [0.1, 0.15) is 60.5 Å². The maximum Gasteiger partial charge on any atom is 0.253 e. The van der Waals surface area contributed by atoms with Crippen molar-refractivity contribution in [2.45, 2.75) is 57.4 Å². The standard InChI is InChI=1S/C32H35N5O/c1-32(37-17-2-3-18-37)13-11-22-5-10-25(19-26(22)12-14-32)27-20-28-29(34-35-30(28)33-21-27)23-6-8-24(9-7-23)31(38)36-15-4-16-36/h5-10,19-21H,2-4,11-18H2,1H3,(H,33,34,35). The van der Waals surface area contributed by atoms with Crippen molar-refractivity contribution >= 4 is 16.9 Å². The summed E-state index contributed by atoms with van der Waals surface area (Å²) >= 11 is 0. The summed E-state index contributed by atoms with van der Waals surface area (Å²) in [6, 6.07) is 17.0. The number of amides is 1. The molecule has 1 aliphatic carbocycles. The zero-order valence-electron chi connectivity index (χ0n) is 22.2. The van der Waals surface area contributed by atoms with Gasteiger partial charge in [0.1, 0.15) is 0 Å². The summed E-state index contributed by atoms with van der Waals surface area (Å²) in [5.41, 5.74) is 9.02. The molecule has 3 aliphatic rings. The van der Waals surface area contributed by atoms with Gasteiger partial charge in [0.05, 0.1) is 5.69 Å². The van der Waals surface area contributed by atoms with Crippen LogP contribution in [0.4, 0.5) is 0 Å². The summed E-state index contributed by atoms with van der Waals surface area (Å²) in [5, 5.41) is 8.64. The van der Waals surface area contributed by atoms with E-state index in [9.17, 15) is 4.79 Å².